The number of carbonyl (C=O) groups is 2. The van der Waals surface area contributed by atoms with Gasteiger partial charge in [-0.15, -0.1) is 0 Å². The molecule has 0 saturated carbocycles. The van der Waals surface area contributed by atoms with Gasteiger partial charge in [0.1, 0.15) is 5.75 Å². The maximum absolute atomic E-state index is 11.4. The number of hydrogen-bond donors (Lipinski definition) is 2. The molecule has 98 valence electrons. The minimum absolute atomic E-state index is 0.131. The van der Waals surface area contributed by atoms with Crippen LogP contribution in [0, 0.1) is 13.8 Å². The summed E-state index contributed by atoms with van der Waals surface area (Å²) in [7, 11) is 0. The number of hydrazine groups is 1. The zero-order chi connectivity index (χ0) is 13.5. The first-order chi connectivity index (χ1) is 8.52. The van der Waals surface area contributed by atoms with E-state index in [9.17, 15) is 9.59 Å². The van der Waals surface area contributed by atoms with Gasteiger partial charge in [-0.2, -0.15) is 0 Å². The molecule has 0 aliphatic carbocycles. The monoisotopic (exact) mass is 250 g/mol. The van der Waals surface area contributed by atoms with E-state index >= 15 is 0 Å². The molecular weight excluding hydrogens is 232 g/mol. The fourth-order valence-corrected chi connectivity index (χ4v) is 1.37. The quantitative estimate of drug-likeness (QED) is 0.790. The summed E-state index contributed by atoms with van der Waals surface area (Å²) in [6.45, 7) is 5.48. The highest BCUT2D eigenvalue weighted by Gasteiger charge is 2.05. The summed E-state index contributed by atoms with van der Waals surface area (Å²) >= 11 is 0. The average molecular weight is 250 g/mol. The average Bonchev–Trinajstić information content (AvgIpc) is 2.34. The van der Waals surface area contributed by atoms with Crippen LogP contribution in [0.5, 0.6) is 5.75 Å². The van der Waals surface area contributed by atoms with Crippen LogP contribution >= 0.6 is 0 Å². The van der Waals surface area contributed by atoms with E-state index in [0.29, 0.717) is 12.2 Å². The summed E-state index contributed by atoms with van der Waals surface area (Å²) in [5, 5.41) is 0. The van der Waals surface area contributed by atoms with E-state index in [0.717, 1.165) is 11.1 Å². The number of aryl methyl sites for hydroxylation is 2. The van der Waals surface area contributed by atoms with Crippen molar-refractivity contribution in [2.75, 3.05) is 6.61 Å². The van der Waals surface area contributed by atoms with Crippen molar-refractivity contribution in [1.82, 2.24) is 10.9 Å². The van der Waals surface area contributed by atoms with Crippen LogP contribution in [0.2, 0.25) is 0 Å². The van der Waals surface area contributed by atoms with Gasteiger partial charge in [0.05, 0.1) is 0 Å². The van der Waals surface area contributed by atoms with Crippen molar-refractivity contribution in [3.8, 4) is 5.75 Å². The molecule has 0 aliphatic heterocycles. The van der Waals surface area contributed by atoms with Gasteiger partial charge in [0, 0.05) is 6.42 Å². The highest BCUT2D eigenvalue weighted by Crippen LogP contribution is 2.18. The molecule has 0 atom stereocenters. The Hall–Kier alpha value is -2.04. The molecule has 2 amide bonds. The molecule has 18 heavy (non-hydrogen) atoms. The van der Waals surface area contributed by atoms with Gasteiger partial charge >= 0.3 is 0 Å². The maximum atomic E-state index is 11.4. The Morgan fingerprint density at radius 1 is 1.17 bits per heavy atom. The Kier molecular flexibility index (Phi) is 5.17. The van der Waals surface area contributed by atoms with Crippen LogP contribution in [-0.2, 0) is 9.59 Å². The van der Waals surface area contributed by atoms with Crippen LogP contribution in [0.4, 0.5) is 0 Å². The van der Waals surface area contributed by atoms with E-state index in [1.165, 1.54) is 0 Å². The lowest BCUT2D eigenvalue weighted by Crippen LogP contribution is -2.43. The van der Waals surface area contributed by atoms with E-state index in [4.69, 9.17) is 4.74 Å². The topological polar surface area (TPSA) is 67.4 Å². The Morgan fingerprint density at radius 3 is 2.44 bits per heavy atom. The number of nitrogens with one attached hydrogen (secondary N) is 2. The van der Waals surface area contributed by atoms with E-state index in [1.54, 1.807) is 6.92 Å². The van der Waals surface area contributed by atoms with Gasteiger partial charge in [-0.05, 0) is 25.5 Å². The van der Waals surface area contributed by atoms with Crippen molar-refractivity contribution in [3.05, 3.63) is 29.3 Å². The molecule has 0 bridgehead atoms. The van der Waals surface area contributed by atoms with Gasteiger partial charge in [0.2, 0.25) is 5.91 Å². The van der Waals surface area contributed by atoms with Crippen molar-refractivity contribution in [2.45, 2.75) is 27.2 Å². The second-order valence-electron chi connectivity index (χ2n) is 4.01. The molecule has 0 fully saturated rings. The summed E-state index contributed by atoms with van der Waals surface area (Å²) in [6.07, 6.45) is 0.318. The lowest BCUT2D eigenvalue weighted by molar-refractivity contribution is -0.129. The summed E-state index contributed by atoms with van der Waals surface area (Å²) in [5.74, 6) is 0.0317. The molecule has 5 heteroatoms. The third-order valence-corrected chi connectivity index (χ3v) is 2.35. The predicted molar refractivity (Wildman–Crippen MR) is 68.0 cm³/mol. The number of carbonyl (C=O) groups excluding carboxylic acids is 2. The molecule has 0 unspecified atom stereocenters. The Labute approximate surface area is 106 Å². The lowest BCUT2D eigenvalue weighted by atomic mass is 10.1. The third-order valence-electron chi connectivity index (χ3n) is 2.35. The first kappa shape index (κ1) is 14.0. The van der Waals surface area contributed by atoms with Crippen molar-refractivity contribution in [2.24, 2.45) is 0 Å². The fourth-order valence-electron chi connectivity index (χ4n) is 1.37. The van der Waals surface area contributed by atoms with Gasteiger partial charge in [0.25, 0.3) is 5.91 Å². The van der Waals surface area contributed by atoms with Gasteiger partial charge in [-0.25, -0.2) is 0 Å². The standard InChI is InChI=1S/C13H18N2O3/c1-4-12(16)14-15-13(17)8-18-11-6-5-9(2)7-10(11)3/h5-7H,4,8H2,1-3H3,(H,14,16)(H,15,17). The van der Waals surface area contributed by atoms with Crippen molar-refractivity contribution >= 4 is 11.8 Å². The van der Waals surface area contributed by atoms with Crippen LogP contribution in [-0.4, -0.2) is 18.4 Å². The second-order valence-corrected chi connectivity index (χ2v) is 4.01. The predicted octanol–water partition coefficient (Wildman–Crippen LogP) is 1.24. The molecular formula is C13H18N2O3. The van der Waals surface area contributed by atoms with E-state index in [1.807, 2.05) is 32.0 Å². The molecule has 1 aromatic rings. The number of benzene rings is 1. The zero-order valence-corrected chi connectivity index (χ0v) is 10.9. The molecule has 1 aromatic carbocycles. The normalized spacial score (nSPS) is 9.72. The first-order valence-electron chi connectivity index (χ1n) is 5.80. The first-order valence-corrected chi connectivity index (χ1v) is 5.80. The van der Waals surface area contributed by atoms with Crippen molar-refractivity contribution < 1.29 is 14.3 Å². The molecule has 0 radical (unpaired) electrons. The van der Waals surface area contributed by atoms with Crippen molar-refractivity contribution in [1.29, 1.82) is 0 Å². The molecule has 1 rings (SSSR count). The lowest BCUT2D eigenvalue weighted by Gasteiger charge is -2.10. The molecule has 0 aromatic heterocycles. The molecule has 5 nitrogen and oxygen atoms in total. The summed E-state index contributed by atoms with van der Waals surface area (Å²) < 4.78 is 5.36. The highest BCUT2D eigenvalue weighted by atomic mass is 16.5. The van der Waals surface area contributed by atoms with Crippen LogP contribution in [0.3, 0.4) is 0 Å². The molecule has 0 spiro atoms. The number of ether oxygens (including phenoxy) is 1. The van der Waals surface area contributed by atoms with Crippen molar-refractivity contribution in [3.63, 3.8) is 0 Å². The Morgan fingerprint density at radius 2 is 1.83 bits per heavy atom. The number of amides is 2. The maximum Gasteiger partial charge on any atom is 0.276 e. The Balaban J connectivity index is 2.40. The fraction of sp³-hybridized carbons (Fsp3) is 0.385. The molecule has 0 saturated heterocycles. The highest BCUT2D eigenvalue weighted by molar-refractivity contribution is 5.82. The van der Waals surface area contributed by atoms with Gasteiger partial charge in [-0.3, -0.25) is 20.4 Å². The van der Waals surface area contributed by atoms with Gasteiger partial charge in [-0.1, -0.05) is 24.6 Å². The van der Waals surface area contributed by atoms with E-state index < -0.39 is 5.91 Å². The summed E-state index contributed by atoms with van der Waals surface area (Å²) in [5.41, 5.74) is 6.66. The molecule has 0 aliphatic rings. The van der Waals surface area contributed by atoms with E-state index in [-0.39, 0.29) is 12.5 Å². The molecule has 2 N–H and O–H groups in total. The number of hydrogen-bond acceptors (Lipinski definition) is 3. The Bertz CT molecular complexity index is 444. The van der Waals surface area contributed by atoms with Crippen LogP contribution in [0.1, 0.15) is 24.5 Å². The summed E-state index contributed by atoms with van der Waals surface area (Å²) in [6, 6.07) is 5.72. The largest absolute Gasteiger partial charge is 0.483 e. The SMILES string of the molecule is CCC(=O)NNC(=O)COc1ccc(C)cc1C. The third kappa shape index (κ3) is 4.45. The van der Waals surface area contributed by atoms with Gasteiger partial charge in [0.15, 0.2) is 6.61 Å². The van der Waals surface area contributed by atoms with E-state index in [2.05, 4.69) is 10.9 Å². The summed E-state index contributed by atoms with van der Waals surface area (Å²) in [4.78, 5) is 22.3. The van der Waals surface area contributed by atoms with Gasteiger partial charge < -0.3 is 4.74 Å². The zero-order valence-electron chi connectivity index (χ0n) is 10.9. The minimum Gasteiger partial charge on any atom is -0.483 e. The van der Waals surface area contributed by atoms with Crippen LogP contribution in [0.25, 0.3) is 0 Å². The van der Waals surface area contributed by atoms with Crippen LogP contribution < -0.4 is 15.6 Å². The smallest absolute Gasteiger partial charge is 0.276 e. The van der Waals surface area contributed by atoms with Crippen LogP contribution in [0.15, 0.2) is 18.2 Å². The second kappa shape index (κ2) is 6.64. The minimum atomic E-state index is -0.392. The number of rotatable bonds is 4. The molecule has 0 heterocycles.